The molecule has 120 heavy (non-hydrogen) atoms. The van der Waals surface area contributed by atoms with Gasteiger partial charge in [-0.3, -0.25) is 19.2 Å². The molecule has 10 aliphatic heterocycles. The number of aliphatic hydroxyl groups is 26. The summed E-state index contributed by atoms with van der Waals surface area (Å²) in [4.78, 5) is 51.4. The predicted octanol–water partition coefficient (Wildman–Crippen LogP) is -20.6. The molecule has 0 saturated carbocycles. The Morgan fingerprint density at radius 3 is 1.12 bits per heavy atom. The molecule has 53 nitrogen and oxygen atoms in total. The van der Waals surface area contributed by atoms with Gasteiger partial charge < -0.3 is 244 Å². The molecule has 0 aromatic heterocycles. The van der Waals surface area contributed by atoms with Crippen LogP contribution in [0.3, 0.4) is 0 Å². The molecular formula is C67H112N4O49. The normalized spacial score (nSPS) is 49.7. The molecule has 30 N–H and O–H groups in total. The van der Waals surface area contributed by atoms with Crippen molar-refractivity contribution in [2.75, 3.05) is 59.5 Å². The van der Waals surface area contributed by atoms with E-state index in [0.717, 1.165) is 27.7 Å². The van der Waals surface area contributed by atoms with Gasteiger partial charge in [0.15, 0.2) is 62.9 Å². The van der Waals surface area contributed by atoms with Crippen LogP contribution in [0.5, 0.6) is 0 Å². The molecule has 4 amide bonds. The quantitative estimate of drug-likeness (QED) is 0.0318. The molecule has 0 aromatic carbocycles. The molecular weight excluding hydrogens is 1640 g/mol. The number of carbonyl (C=O) groups excluding carboxylic acids is 4. The summed E-state index contributed by atoms with van der Waals surface area (Å²) in [5.74, 6) is -3.61. The van der Waals surface area contributed by atoms with E-state index < -0.39 is 384 Å². The number of hydrogen-bond donors (Lipinski definition) is 30. The van der Waals surface area contributed by atoms with E-state index in [1.54, 1.807) is 0 Å². The second kappa shape index (κ2) is 42.8. The van der Waals surface area contributed by atoms with Crippen LogP contribution in [-0.4, -0.2) is 517 Å². The Morgan fingerprint density at radius 2 is 0.600 bits per heavy atom. The van der Waals surface area contributed by atoms with Crippen LogP contribution in [0.4, 0.5) is 0 Å². The topological polar surface area (TPSA) is 818 Å². The van der Waals surface area contributed by atoms with E-state index in [4.69, 9.17) is 90.0 Å². The third-order valence-electron chi connectivity index (χ3n) is 22.0. The lowest BCUT2D eigenvalue weighted by Crippen LogP contribution is -2.71. The van der Waals surface area contributed by atoms with E-state index in [2.05, 4.69) is 21.3 Å². The first-order chi connectivity index (χ1) is 56.8. The summed E-state index contributed by atoms with van der Waals surface area (Å²) < 4.78 is 114. The van der Waals surface area contributed by atoms with Crippen LogP contribution >= 0.6 is 0 Å². The Hall–Kier alpha value is -3.92. The van der Waals surface area contributed by atoms with Crippen LogP contribution in [0.25, 0.3) is 0 Å². The van der Waals surface area contributed by atoms with Crippen LogP contribution in [0.1, 0.15) is 34.6 Å². The highest BCUT2D eigenvalue weighted by Crippen LogP contribution is 2.41. The van der Waals surface area contributed by atoms with Crippen molar-refractivity contribution in [3.05, 3.63) is 0 Å². The highest BCUT2D eigenvalue weighted by molar-refractivity contribution is 5.74. The van der Waals surface area contributed by atoms with E-state index in [0.29, 0.717) is 0 Å². The maximum atomic E-state index is 13.4. The minimum absolute atomic E-state index is 0.838. The smallest absolute Gasteiger partial charge is 0.217 e. The van der Waals surface area contributed by atoms with Gasteiger partial charge in [-0.1, -0.05) is 0 Å². The number of nitrogens with one attached hydrogen (secondary N) is 4. The molecule has 0 aliphatic carbocycles. The van der Waals surface area contributed by atoms with E-state index in [9.17, 15) is 152 Å². The first-order valence-corrected chi connectivity index (χ1v) is 38.4. The maximum Gasteiger partial charge on any atom is 0.217 e. The van der Waals surface area contributed by atoms with Crippen molar-refractivity contribution in [3.8, 4) is 0 Å². The summed E-state index contributed by atoms with van der Waals surface area (Å²) in [6.45, 7) is -4.73. The molecule has 0 spiro atoms. The number of rotatable bonds is 30. The van der Waals surface area contributed by atoms with Crippen LogP contribution in [0, 0.1) is 0 Å². The molecule has 0 unspecified atom stereocenters. The van der Waals surface area contributed by atoms with Gasteiger partial charge in [0.25, 0.3) is 0 Å². The maximum absolute atomic E-state index is 13.4. The number of amides is 4. The van der Waals surface area contributed by atoms with E-state index in [1.165, 1.54) is 6.92 Å². The number of ether oxygens (including phenoxy) is 19. The fourth-order valence-corrected chi connectivity index (χ4v) is 15.6. The summed E-state index contributed by atoms with van der Waals surface area (Å²) in [6.07, 6.45) is -93.3. The Bertz CT molecular complexity index is 3230. The second-order valence-corrected chi connectivity index (χ2v) is 30.5. The molecule has 694 valence electrons. The minimum atomic E-state index is -2.51. The van der Waals surface area contributed by atoms with Crippen LogP contribution in [0.2, 0.25) is 0 Å². The Labute approximate surface area is 679 Å². The van der Waals surface area contributed by atoms with Crippen LogP contribution in [0.15, 0.2) is 0 Å². The van der Waals surface area contributed by atoms with Crippen molar-refractivity contribution in [2.24, 2.45) is 0 Å². The van der Waals surface area contributed by atoms with Crippen molar-refractivity contribution in [1.29, 1.82) is 0 Å². The summed E-state index contributed by atoms with van der Waals surface area (Å²) in [5, 5.41) is 300. The van der Waals surface area contributed by atoms with Crippen molar-refractivity contribution in [1.82, 2.24) is 21.3 Å². The zero-order valence-corrected chi connectivity index (χ0v) is 64.7. The molecule has 49 atom stereocenters. The van der Waals surface area contributed by atoms with Crippen LogP contribution < -0.4 is 21.3 Å². The SMILES string of the molecule is CC(=O)N[C@@H]1[C@H](O[C@H]2[C@H](O)[C@H](O)[C@@H](OC[C@H]3O[C@@H](O[C@H]4[C@H](O)[C@@H](NC(C)=O)[C@H](O[C@H]5[C@H](O[C@@H]6O[C@@H](C)[C@@H](O)[C@@H](O)[C@@H]6O)[C@@H](NC(C)=O)[C@H](O)O[C@@H]5CO)O[C@@H]4CO)[C@@H](O[C@@H]4OC[C@@H](O)[C@H](O)[C@H]4O)[C@@H](O[C@H]4O[C@H](CO)[C@@H](O[C@@H]5O[C@H](CO)[C@@H](O)[C@H](O)[C@H]5NC(C)=O)[C@H](O)[C@@H]4O)[C@@H]3O)O[C@@H]2CO)O[C@H](CO)[C@@H](O)[C@@H]1O[C@@H]1O[C@H](CO)[C@H](O)[C@H](O)[C@H]1O. The fourth-order valence-electron chi connectivity index (χ4n) is 15.6. The average molecular weight is 1760 g/mol. The van der Waals surface area contributed by atoms with Gasteiger partial charge in [-0.25, -0.2) is 0 Å². The molecule has 10 fully saturated rings. The van der Waals surface area contributed by atoms with Crippen molar-refractivity contribution >= 4 is 23.6 Å². The van der Waals surface area contributed by atoms with Gasteiger partial charge in [-0.15, -0.1) is 0 Å². The monoisotopic (exact) mass is 1760 g/mol. The second-order valence-electron chi connectivity index (χ2n) is 30.5. The van der Waals surface area contributed by atoms with Gasteiger partial charge in [-0.05, 0) is 6.92 Å². The van der Waals surface area contributed by atoms with E-state index in [1.807, 2.05) is 0 Å². The Balaban J connectivity index is 0.992. The van der Waals surface area contributed by atoms with Crippen molar-refractivity contribution in [2.45, 2.75) is 335 Å². The minimum Gasteiger partial charge on any atom is -0.394 e. The predicted molar refractivity (Wildman–Crippen MR) is 369 cm³/mol. The average Bonchev–Trinajstić information content (AvgIpc) is 0.769. The Morgan fingerprint density at radius 1 is 0.267 bits per heavy atom. The highest BCUT2D eigenvalue weighted by Gasteiger charge is 2.62. The summed E-state index contributed by atoms with van der Waals surface area (Å²) in [6, 6.07) is -7.37. The van der Waals surface area contributed by atoms with Crippen molar-refractivity contribution < 1.29 is 242 Å². The standard InChI is InChI=1S/C67H112N4O49/c1-15-33(84)41(92)46(97)64(104-15)118-55-31(70-18(4)81)58(101)105-27(12-78)53(55)116-60-30(69-17(3)80)40(91)50(24(9-75)109-60)115-67-57(120-63-45(96)34(85)20(83)13-102-63)56(119-66-49(100)44(95)52(26(11-77)111-66)113-59-29(68-16(2)79)39(90)35(86)21(6-72)106-59)38(89)28(112-67)14-103-62-48(99)43(94)51(25(10-76)110-62)114-61-32(71-19(5)82)54(37(88)23(8-74)107-61)117-65-47(98)42(93)36(87)22(7-73)108-65/h15,20-67,72-78,83-101H,6-14H2,1-5H3,(H,68,79)(H,69,80)(H,70,81)(H,71,82)/t15-,20+,21+,22+,23+,24+,25+,26+,27+,28+,29+,30+,31+,32-,33+,34-,35+,36-,37+,38+,39+,40+,41+,42-,43+,44+,45+,46-,47+,48-,49-,50+,51+,52+,53+,54+,55+,56-,57-,58+,59-,60-,61-,62-,63-,64-,65-,66+,67-/m0/s1. The van der Waals surface area contributed by atoms with Crippen LogP contribution in [-0.2, 0) is 109 Å². The molecule has 0 radical (unpaired) electrons. The van der Waals surface area contributed by atoms with Crippen molar-refractivity contribution in [3.63, 3.8) is 0 Å². The van der Waals surface area contributed by atoms with Gasteiger partial charge >= 0.3 is 0 Å². The zero-order chi connectivity index (χ0) is 88.2. The highest BCUT2D eigenvalue weighted by atomic mass is 16.8. The van der Waals surface area contributed by atoms with Gasteiger partial charge in [0, 0.05) is 27.7 Å². The Kier molecular flexibility index (Phi) is 35.0. The lowest BCUT2D eigenvalue weighted by molar-refractivity contribution is -0.408. The van der Waals surface area contributed by atoms with Gasteiger partial charge in [-0.2, -0.15) is 0 Å². The zero-order valence-electron chi connectivity index (χ0n) is 64.7. The molecule has 0 bridgehead atoms. The fraction of sp³-hybridized carbons (Fsp3) is 0.940. The number of aliphatic hydroxyl groups excluding tert-OH is 26. The molecule has 10 rings (SSSR count). The molecule has 0 aromatic rings. The third kappa shape index (κ3) is 21.6. The number of carbonyl (C=O) groups is 4. The first-order valence-electron chi connectivity index (χ1n) is 38.4. The lowest BCUT2D eigenvalue weighted by atomic mass is 9.93. The molecule has 53 heteroatoms. The van der Waals surface area contributed by atoms with E-state index in [-0.39, 0.29) is 0 Å². The third-order valence-corrected chi connectivity index (χ3v) is 22.0. The molecule has 10 heterocycles. The largest absolute Gasteiger partial charge is 0.394 e. The van der Waals surface area contributed by atoms with Gasteiger partial charge in [0.1, 0.15) is 232 Å². The van der Waals surface area contributed by atoms with Gasteiger partial charge in [0.05, 0.1) is 65.6 Å². The van der Waals surface area contributed by atoms with Gasteiger partial charge in [0.2, 0.25) is 23.6 Å². The summed E-state index contributed by atoms with van der Waals surface area (Å²) >= 11 is 0. The number of hydrogen-bond acceptors (Lipinski definition) is 49. The van der Waals surface area contributed by atoms with E-state index >= 15 is 0 Å². The first kappa shape index (κ1) is 98.3. The summed E-state index contributed by atoms with van der Waals surface area (Å²) in [5.41, 5.74) is 0. The summed E-state index contributed by atoms with van der Waals surface area (Å²) in [7, 11) is 0. The lowest BCUT2D eigenvalue weighted by Gasteiger charge is -2.52. The molecule has 10 saturated heterocycles. The molecule has 10 aliphatic rings.